The molecule has 0 aliphatic carbocycles. The first-order valence-electron chi connectivity index (χ1n) is 8.16. The molecule has 1 aromatic rings. The fraction of sp³-hybridized carbons (Fsp3) is 0.750. The topological polar surface area (TPSA) is 56.3 Å². The van der Waals surface area contributed by atoms with E-state index in [1.54, 1.807) is 0 Å². The molecule has 0 aromatic carbocycles. The second kappa shape index (κ2) is 6.96. The van der Waals surface area contributed by atoms with E-state index in [0.29, 0.717) is 12.0 Å². The highest BCUT2D eigenvalue weighted by atomic mass is 15.3. The highest BCUT2D eigenvalue weighted by Crippen LogP contribution is 2.36. The third kappa shape index (κ3) is 3.57. The van der Waals surface area contributed by atoms with Gasteiger partial charge in [0.2, 0.25) is 0 Å². The molecule has 0 spiro atoms. The van der Waals surface area contributed by atoms with Crippen LogP contribution >= 0.6 is 0 Å². The van der Waals surface area contributed by atoms with Crippen LogP contribution in [0.15, 0.2) is 11.2 Å². The first-order chi connectivity index (χ1) is 10.1. The first kappa shape index (κ1) is 15.9. The predicted octanol–water partition coefficient (Wildman–Crippen LogP) is 2.70. The summed E-state index contributed by atoms with van der Waals surface area (Å²) in [5, 5.41) is 10.5. The molecule has 5 heteroatoms. The second-order valence-corrected chi connectivity index (χ2v) is 6.07. The third-order valence-electron chi connectivity index (χ3n) is 4.91. The Bertz CT molecular complexity index is 473. The van der Waals surface area contributed by atoms with Crippen molar-refractivity contribution in [3.63, 3.8) is 0 Å². The molecule has 21 heavy (non-hydrogen) atoms. The van der Waals surface area contributed by atoms with Crippen molar-refractivity contribution in [2.24, 2.45) is 10.4 Å². The molecule has 1 aliphatic heterocycles. The minimum atomic E-state index is 0.474. The largest absolute Gasteiger partial charge is 0.357 e. The molecule has 2 heterocycles. The van der Waals surface area contributed by atoms with E-state index in [1.807, 2.05) is 13.1 Å². The summed E-state index contributed by atoms with van der Waals surface area (Å²) in [6, 6.07) is 0. The molecule has 118 valence electrons. The van der Waals surface area contributed by atoms with Gasteiger partial charge in [0, 0.05) is 30.9 Å². The van der Waals surface area contributed by atoms with Crippen molar-refractivity contribution in [1.82, 2.24) is 20.4 Å². The Labute approximate surface area is 128 Å². The van der Waals surface area contributed by atoms with Gasteiger partial charge in [0.1, 0.15) is 0 Å². The number of aliphatic imine (C=N–C) groups is 1. The molecule has 0 saturated carbocycles. The number of nitrogens with zero attached hydrogens (tertiary/aromatic N) is 3. The minimum absolute atomic E-state index is 0.474. The molecular weight excluding hydrogens is 262 g/mol. The fourth-order valence-corrected chi connectivity index (χ4v) is 3.06. The van der Waals surface area contributed by atoms with E-state index in [4.69, 9.17) is 4.99 Å². The van der Waals surface area contributed by atoms with Crippen LogP contribution < -0.4 is 5.32 Å². The number of likely N-dealkylation sites (tertiary alicyclic amines) is 1. The van der Waals surface area contributed by atoms with Crippen molar-refractivity contribution >= 4 is 5.96 Å². The van der Waals surface area contributed by atoms with Gasteiger partial charge in [-0.05, 0) is 38.5 Å². The zero-order valence-corrected chi connectivity index (χ0v) is 13.9. The zero-order chi connectivity index (χ0) is 15.3. The van der Waals surface area contributed by atoms with E-state index in [9.17, 15) is 0 Å². The Hall–Kier alpha value is -1.52. The van der Waals surface area contributed by atoms with Crippen LogP contribution in [0.4, 0.5) is 0 Å². The summed E-state index contributed by atoms with van der Waals surface area (Å²) >= 11 is 0. The smallest absolute Gasteiger partial charge is 0.194 e. The minimum Gasteiger partial charge on any atom is -0.357 e. The lowest BCUT2D eigenvalue weighted by molar-refractivity contribution is 0.276. The number of aryl methyl sites for hydroxylation is 1. The van der Waals surface area contributed by atoms with Crippen LogP contribution in [0.3, 0.4) is 0 Å². The van der Waals surface area contributed by atoms with Crippen molar-refractivity contribution in [3.8, 4) is 0 Å². The van der Waals surface area contributed by atoms with Gasteiger partial charge in [-0.3, -0.25) is 5.10 Å². The number of nitrogens with one attached hydrogen (secondary N) is 2. The summed E-state index contributed by atoms with van der Waals surface area (Å²) < 4.78 is 0. The number of hydrogen-bond donors (Lipinski definition) is 2. The predicted molar refractivity (Wildman–Crippen MR) is 87.3 cm³/mol. The maximum Gasteiger partial charge on any atom is 0.194 e. The molecule has 1 aromatic heterocycles. The van der Waals surface area contributed by atoms with Crippen molar-refractivity contribution in [2.45, 2.75) is 53.5 Å². The Kier molecular flexibility index (Phi) is 5.26. The number of H-pyrrole nitrogens is 1. The fourth-order valence-electron chi connectivity index (χ4n) is 3.06. The van der Waals surface area contributed by atoms with Crippen LogP contribution in [0, 0.1) is 12.3 Å². The summed E-state index contributed by atoms with van der Waals surface area (Å²) in [5.74, 6) is 1.04. The van der Waals surface area contributed by atoms with Gasteiger partial charge in [0.25, 0.3) is 0 Å². The maximum atomic E-state index is 4.80. The van der Waals surface area contributed by atoms with E-state index in [1.165, 1.54) is 24.8 Å². The number of aromatic nitrogens is 2. The standard InChI is InChI=1S/C16H29N5/c1-5-16(6-2)8-9-21(12-16)15(17-7-3)18-10-14-11-19-20-13(14)4/h11H,5-10,12H2,1-4H3,(H,17,18)(H,19,20). The molecular formula is C16H29N5. The molecule has 0 amide bonds. The van der Waals surface area contributed by atoms with Crippen LogP contribution in [-0.2, 0) is 6.54 Å². The van der Waals surface area contributed by atoms with Crippen LogP contribution in [0.2, 0.25) is 0 Å². The Morgan fingerprint density at radius 2 is 2.19 bits per heavy atom. The summed E-state index contributed by atoms with van der Waals surface area (Å²) in [4.78, 5) is 7.23. The van der Waals surface area contributed by atoms with Gasteiger partial charge in [-0.1, -0.05) is 13.8 Å². The first-order valence-corrected chi connectivity index (χ1v) is 8.16. The highest BCUT2D eigenvalue weighted by molar-refractivity contribution is 5.80. The van der Waals surface area contributed by atoms with E-state index in [0.717, 1.165) is 31.3 Å². The molecule has 1 saturated heterocycles. The van der Waals surface area contributed by atoms with Gasteiger partial charge < -0.3 is 10.2 Å². The normalized spacial score (nSPS) is 18.3. The van der Waals surface area contributed by atoms with Crippen LogP contribution in [-0.4, -0.2) is 40.7 Å². The monoisotopic (exact) mass is 291 g/mol. The molecule has 0 bridgehead atoms. The average Bonchev–Trinajstić information content (AvgIpc) is 3.11. The molecule has 1 fully saturated rings. The Balaban J connectivity index is 2.07. The molecule has 1 aliphatic rings. The molecule has 0 radical (unpaired) electrons. The highest BCUT2D eigenvalue weighted by Gasteiger charge is 2.36. The van der Waals surface area contributed by atoms with Crippen molar-refractivity contribution in [2.75, 3.05) is 19.6 Å². The Morgan fingerprint density at radius 3 is 2.71 bits per heavy atom. The maximum absolute atomic E-state index is 4.80. The third-order valence-corrected chi connectivity index (χ3v) is 4.91. The molecule has 2 N–H and O–H groups in total. The van der Waals surface area contributed by atoms with Crippen LogP contribution in [0.25, 0.3) is 0 Å². The Morgan fingerprint density at radius 1 is 1.43 bits per heavy atom. The lowest BCUT2D eigenvalue weighted by Gasteiger charge is -2.28. The number of aromatic amines is 1. The van der Waals surface area contributed by atoms with Gasteiger partial charge in [-0.2, -0.15) is 5.10 Å². The number of guanidine groups is 1. The average molecular weight is 291 g/mol. The van der Waals surface area contributed by atoms with Gasteiger partial charge in [0.05, 0.1) is 12.7 Å². The zero-order valence-electron chi connectivity index (χ0n) is 13.9. The quantitative estimate of drug-likeness (QED) is 0.648. The lowest BCUT2D eigenvalue weighted by Crippen LogP contribution is -2.41. The molecule has 2 rings (SSSR count). The SMILES string of the molecule is CCNC(=NCc1cn[nH]c1C)N1CCC(CC)(CC)C1. The summed E-state index contributed by atoms with van der Waals surface area (Å²) in [5.41, 5.74) is 2.75. The van der Waals surface area contributed by atoms with E-state index in [-0.39, 0.29) is 0 Å². The number of hydrogen-bond acceptors (Lipinski definition) is 2. The van der Waals surface area contributed by atoms with Gasteiger partial charge >= 0.3 is 0 Å². The van der Waals surface area contributed by atoms with E-state index in [2.05, 4.69) is 41.2 Å². The molecule has 5 nitrogen and oxygen atoms in total. The molecule has 0 unspecified atom stereocenters. The van der Waals surface area contributed by atoms with E-state index >= 15 is 0 Å². The van der Waals surface area contributed by atoms with Crippen molar-refractivity contribution in [1.29, 1.82) is 0 Å². The van der Waals surface area contributed by atoms with Gasteiger partial charge in [-0.15, -0.1) is 0 Å². The van der Waals surface area contributed by atoms with Crippen LogP contribution in [0.5, 0.6) is 0 Å². The molecule has 0 atom stereocenters. The number of rotatable bonds is 5. The summed E-state index contributed by atoms with van der Waals surface area (Å²) in [7, 11) is 0. The van der Waals surface area contributed by atoms with Gasteiger partial charge in [0.15, 0.2) is 5.96 Å². The second-order valence-electron chi connectivity index (χ2n) is 6.07. The van der Waals surface area contributed by atoms with Crippen molar-refractivity contribution < 1.29 is 0 Å². The summed E-state index contributed by atoms with van der Waals surface area (Å²) in [6.07, 6.45) is 5.64. The van der Waals surface area contributed by atoms with Crippen LogP contribution in [0.1, 0.15) is 51.3 Å². The lowest BCUT2D eigenvalue weighted by atomic mass is 9.82. The summed E-state index contributed by atoms with van der Waals surface area (Å²) in [6.45, 7) is 12.6. The van der Waals surface area contributed by atoms with E-state index < -0.39 is 0 Å². The van der Waals surface area contributed by atoms with Crippen molar-refractivity contribution in [3.05, 3.63) is 17.5 Å². The van der Waals surface area contributed by atoms with Gasteiger partial charge in [-0.25, -0.2) is 4.99 Å².